The van der Waals surface area contributed by atoms with Gasteiger partial charge in [0.05, 0.1) is 6.54 Å². The number of aliphatic hydroxyl groups excluding tert-OH is 1. The quantitative estimate of drug-likeness (QED) is 0.440. The van der Waals surface area contributed by atoms with Crippen molar-refractivity contribution in [1.82, 2.24) is 18.7 Å². The lowest BCUT2D eigenvalue weighted by atomic mass is 10.2. The highest BCUT2D eigenvalue weighted by Gasteiger charge is 2.21. The summed E-state index contributed by atoms with van der Waals surface area (Å²) >= 11 is 0. The van der Waals surface area contributed by atoms with E-state index in [9.17, 15) is 14.7 Å². The summed E-state index contributed by atoms with van der Waals surface area (Å²) in [5, 5.41) is 14.0. The van der Waals surface area contributed by atoms with Crippen LogP contribution in [0.3, 0.4) is 0 Å². The summed E-state index contributed by atoms with van der Waals surface area (Å²) in [5.74, 6) is 1.17. The Kier molecular flexibility index (Phi) is 7.74. The van der Waals surface area contributed by atoms with E-state index in [4.69, 9.17) is 4.74 Å². The minimum absolute atomic E-state index is 0.0620. The van der Waals surface area contributed by atoms with Crippen molar-refractivity contribution >= 4 is 17.1 Å². The first-order valence-corrected chi connectivity index (χ1v) is 11.1. The number of rotatable bonds is 11. The zero-order chi connectivity index (χ0) is 23.3. The van der Waals surface area contributed by atoms with Gasteiger partial charge in [-0.25, -0.2) is 4.79 Å². The Morgan fingerprint density at radius 3 is 2.59 bits per heavy atom. The number of ether oxygens (including phenoxy) is 1. The standard InChI is InChI=1S/C23H33N5O4/c1-5-6-7-10-13-24-22-25-20-19(21(30)27(4)23(31)26(20)3)28(22)14-17(29)15-32-18-12-9-8-11-16(18)2/h8-9,11-12,17,29H,5-7,10,13-15H2,1-4H3,(H,24,25)/t17-/m1/s1. The van der Waals surface area contributed by atoms with Gasteiger partial charge in [0.2, 0.25) is 5.95 Å². The molecule has 0 aliphatic carbocycles. The van der Waals surface area contributed by atoms with Gasteiger partial charge in [-0.05, 0) is 25.0 Å². The van der Waals surface area contributed by atoms with Crippen molar-refractivity contribution < 1.29 is 9.84 Å². The number of para-hydroxylation sites is 1. The van der Waals surface area contributed by atoms with E-state index >= 15 is 0 Å². The minimum Gasteiger partial charge on any atom is -0.491 e. The number of fused-ring (bicyclic) bond motifs is 1. The van der Waals surface area contributed by atoms with Crippen molar-refractivity contribution in [3.8, 4) is 5.75 Å². The highest BCUT2D eigenvalue weighted by molar-refractivity contribution is 5.74. The smallest absolute Gasteiger partial charge is 0.332 e. The van der Waals surface area contributed by atoms with Crippen LogP contribution in [0.25, 0.3) is 11.2 Å². The van der Waals surface area contributed by atoms with Gasteiger partial charge in [-0.2, -0.15) is 4.98 Å². The molecular weight excluding hydrogens is 410 g/mol. The number of nitrogens with one attached hydrogen (secondary N) is 1. The third-order valence-corrected chi connectivity index (χ3v) is 5.58. The first kappa shape index (κ1) is 23.6. The highest BCUT2D eigenvalue weighted by atomic mass is 16.5. The zero-order valence-electron chi connectivity index (χ0n) is 19.3. The second kappa shape index (κ2) is 10.5. The topological polar surface area (TPSA) is 103 Å². The molecule has 0 unspecified atom stereocenters. The SMILES string of the molecule is CCCCCCNc1nc2c(c(=O)n(C)c(=O)n2C)n1C[C@@H](O)COc1ccccc1C. The summed E-state index contributed by atoms with van der Waals surface area (Å²) in [7, 11) is 3.03. The Labute approximate surface area is 187 Å². The Bertz CT molecular complexity index is 1180. The summed E-state index contributed by atoms with van der Waals surface area (Å²) in [6.45, 7) is 4.95. The van der Waals surface area contributed by atoms with Crippen LogP contribution in [0.4, 0.5) is 5.95 Å². The van der Waals surface area contributed by atoms with Gasteiger partial charge < -0.3 is 19.7 Å². The molecule has 0 bridgehead atoms. The predicted octanol–water partition coefficient (Wildman–Crippen LogP) is 2.17. The highest BCUT2D eigenvalue weighted by Crippen LogP contribution is 2.19. The number of aromatic nitrogens is 4. The van der Waals surface area contributed by atoms with Crippen LogP contribution < -0.4 is 21.3 Å². The van der Waals surface area contributed by atoms with E-state index in [2.05, 4.69) is 17.2 Å². The van der Waals surface area contributed by atoms with E-state index in [-0.39, 0.29) is 18.7 Å². The molecule has 2 heterocycles. The average molecular weight is 444 g/mol. The van der Waals surface area contributed by atoms with Crippen molar-refractivity contribution in [3.63, 3.8) is 0 Å². The lowest BCUT2D eigenvalue weighted by molar-refractivity contribution is 0.0935. The molecule has 174 valence electrons. The molecule has 0 saturated carbocycles. The molecule has 1 atom stereocenters. The molecule has 9 nitrogen and oxygen atoms in total. The zero-order valence-corrected chi connectivity index (χ0v) is 19.3. The van der Waals surface area contributed by atoms with E-state index in [1.54, 1.807) is 11.6 Å². The van der Waals surface area contributed by atoms with Crippen LogP contribution in [0, 0.1) is 6.92 Å². The number of unbranched alkanes of at least 4 members (excludes halogenated alkanes) is 3. The normalized spacial score (nSPS) is 12.3. The monoisotopic (exact) mass is 443 g/mol. The molecule has 32 heavy (non-hydrogen) atoms. The van der Waals surface area contributed by atoms with Crippen LogP contribution in [-0.2, 0) is 20.6 Å². The molecule has 0 spiro atoms. The number of benzene rings is 1. The van der Waals surface area contributed by atoms with Crippen LogP contribution in [0.1, 0.15) is 38.2 Å². The Morgan fingerprint density at radius 1 is 1.12 bits per heavy atom. The fourth-order valence-corrected chi connectivity index (χ4v) is 3.68. The van der Waals surface area contributed by atoms with Crippen molar-refractivity contribution in [2.45, 2.75) is 52.2 Å². The number of anilines is 1. The van der Waals surface area contributed by atoms with Gasteiger partial charge in [0, 0.05) is 20.6 Å². The van der Waals surface area contributed by atoms with Crippen molar-refractivity contribution in [2.24, 2.45) is 14.1 Å². The largest absolute Gasteiger partial charge is 0.491 e. The third-order valence-electron chi connectivity index (χ3n) is 5.58. The van der Waals surface area contributed by atoms with Gasteiger partial charge in [-0.1, -0.05) is 44.4 Å². The summed E-state index contributed by atoms with van der Waals surface area (Å²) in [4.78, 5) is 29.8. The summed E-state index contributed by atoms with van der Waals surface area (Å²) in [5.41, 5.74) is 0.666. The van der Waals surface area contributed by atoms with Crippen LogP contribution in [0.15, 0.2) is 33.9 Å². The maximum atomic E-state index is 12.9. The Hall–Kier alpha value is -3.07. The predicted molar refractivity (Wildman–Crippen MR) is 126 cm³/mol. The molecule has 0 fully saturated rings. The fraction of sp³-hybridized carbons (Fsp3) is 0.522. The molecule has 1 aromatic carbocycles. The maximum Gasteiger partial charge on any atom is 0.332 e. The molecule has 0 radical (unpaired) electrons. The van der Waals surface area contributed by atoms with Gasteiger partial charge >= 0.3 is 5.69 Å². The molecule has 3 aromatic rings. The van der Waals surface area contributed by atoms with E-state index in [1.165, 1.54) is 11.6 Å². The molecule has 0 amide bonds. The maximum absolute atomic E-state index is 12.9. The van der Waals surface area contributed by atoms with Gasteiger partial charge in [0.25, 0.3) is 5.56 Å². The van der Waals surface area contributed by atoms with Gasteiger partial charge in [0.1, 0.15) is 18.5 Å². The number of aryl methyl sites for hydroxylation is 2. The Balaban J connectivity index is 1.88. The molecular formula is C23H33N5O4. The third kappa shape index (κ3) is 5.04. The van der Waals surface area contributed by atoms with Gasteiger partial charge in [-0.15, -0.1) is 0 Å². The molecule has 0 saturated heterocycles. The summed E-state index contributed by atoms with van der Waals surface area (Å²) in [6.07, 6.45) is 3.48. The van der Waals surface area contributed by atoms with Crippen molar-refractivity contribution in [2.75, 3.05) is 18.5 Å². The van der Waals surface area contributed by atoms with Crippen LogP contribution in [0.2, 0.25) is 0 Å². The van der Waals surface area contributed by atoms with E-state index < -0.39 is 17.4 Å². The summed E-state index contributed by atoms with van der Waals surface area (Å²) in [6, 6.07) is 7.59. The van der Waals surface area contributed by atoms with Gasteiger partial charge in [-0.3, -0.25) is 13.9 Å². The van der Waals surface area contributed by atoms with Crippen LogP contribution in [-0.4, -0.2) is 43.0 Å². The first-order valence-electron chi connectivity index (χ1n) is 11.1. The second-order valence-electron chi connectivity index (χ2n) is 8.14. The van der Waals surface area contributed by atoms with Gasteiger partial charge in [0.15, 0.2) is 11.2 Å². The lowest BCUT2D eigenvalue weighted by Gasteiger charge is -2.17. The average Bonchev–Trinajstić information content (AvgIpc) is 3.13. The van der Waals surface area contributed by atoms with E-state index in [0.717, 1.165) is 35.8 Å². The molecule has 0 aliphatic rings. The number of aliphatic hydroxyl groups is 1. The lowest BCUT2D eigenvalue weighted by Crippen LogP contribution is -2.38. The summed E-state index contributed by atoms with van der Waals surface area (Å²) < 4.78 is 9.84. The minimum atomic E-state index is -0.880. The second-order valence-corrected chi connectivity index (χ2v) is 8.14. The molecule has 9 heteroatoms. The molecule has 0 aliphatic heterocycles. The fourth-order valence-electron chi connectivity index (χ4n) is 3.68. The number of hydrogen-bond donors (Lipinski definition) is 2. The molecule has 3 rings (SSSR count). The first-order chi connectivity index (χ1) is 15.3. The number of hydrogen-bond acceptors (Lipinski definition) is 6. The van der Waals surface area contributed by atoms with E-state index in [0.29, 0.717) is 23.9 Å². The molecule has 2 N–H and O–H groups in total. The van der Waals surface area contributed by atoms with Crippen LogP contribution >= 0.6 is 0 Å². The van der Waals surface area contributed by atoms with Crippen molar-refractivity contribution in [1.29, 1.82) is 0 Å². The number of nitrogens with zero attached hydrogens (tertiary/aromatic N) is 4. The number of imidazole rings is 1. The van der Waals surface area contributed by atoms with Crippen LogP contribution in [0.5, 0.6) is 5.75 Å². The van der Waals surface area contributed by atoms with E-state index in [1.807, 2.05) is 31.2 Å². The van der Waals surface area contributed by atoms with Crippen molar-refractivity contribution in [3.05, 3.63) is 50.7 Å². The molecule has 2 aromatic heterocycles. The Morgan fingerprint density at radius 2 is 1.88 bits per heavy atom.